The van der Waals surface area contributed by atoms with Crippen molar-refractivity contribution >= 4 is 5.82 Å². The van der Waals surface area contributed by atoms with Crippen LogP contribution < -0.4 is 15.0 Å². The number of anilines is 1. The number of fused-ring (bicyclic) bond motifs is 6. The van der Waals surface area contributed by atoms with Crippen LogP contribution in [0.5, 0.6) is 5.75 Å². The van der Waals surface area contributed by atoms with E-state index in [4.69, 9.17) is 9.72 Å². The molecule has 2 fully saturated rings. The Morgan fingerprint density at radius 2 is 1.83 bits per heavy atom. The SMILES string of the molecule is CC.CC.CCc1nc(CC)c2c(n1)N1CC3CCC(N3)C1CO2. The lowest BCUT2D eigenvalue weighted by Gasteiger charge is -2.45. The summed E-state index contributed by atoms with van der Waals surface area (Å²) in [4.78, 5) is 11.9. The van der Waals surface area contributed by atoms with E-state index in [-0.39, 0.29) is 0 Å². The molecular weight excluding hydrogens is 300 g/mol. The molecule has 3 aliphatic rings. The van der Waals surface area contributed by atoms with Gasteiger partial charge >= 0.3 is 0 Å². The molecule has 24 heavy (non-hydrogen) atoms. The quantitative estimate of drug-likeness (QED) is 0.899. The number of piperazine rings is 1. The second-order valence-electron chi connectivity index (χ2n) is 6.02. The zero-order chi connectivity index (χ0) is 17.7. The van der Waals surface area contributed by atoms with Crippen molar-refractivity contribution in [3.8, 4) is 5.75 Å². The van der Waals surface area contributed by atoms with Crippen LogP contribution in [0.25, 0.3) is 0 Å². The maximum absolute atomic E-state index is 6.06. The van der Waals surface area contributed by atoms with Gasteiger partial charge in [0.15, 0.2) is 11.6 Å². The van der Waals surface area contributed by atoms with Gasteiger partial charge in [0, 0.05) is 25.0 Å². The second kappa shape index (κ2) is 8.65. The Morgan fingerprint density at radius 3 is 2.50 bits per heavy atom. The molecule has 0 radical (unpaired) electrons. The van der Waals surface area contributed by atoms with Crippen molar-refractivity contribution in [1.29, 1.82) is 0 Å². The van der Waals surface area contributed by atoms with E-state index in [0.717, 1.165) is 49.1 Å². The molecular formula is C19H34N4O. The Labute approximate surface area is 147 Å². The number of nitrogens with zero attached hydrogens (tertiary/aromatic N) is 3. The molecule has 5 nitrogen and oxygen atoms in total. The molecule has 0 aliphatic carbocycles. The maximum Gasteiger partial charge on any atom is 0.183 e. The fourth-order valence-electron chi connectivity index (χ4n) is 3.78. The number of aromatic nitrogens is 2. The first-order valence-corrected chi connectivity index (χ1v) is 9.85. The van der Waals surface area contributed by atoms with Gasteiger partial charge in [0.05, 0.1) is 11.7 Å². The van der Waals surface area contributed by atoms with Crippen molar-refractivity contribution in [2.75, 3.05) is 18.1 Å². The van der Waals surface area contributed by atoms with Crippen molar-refractivity contribution in [2.24, 2.45) is 0 Å². The fourth-order valence-corrected chi connectivity index (χ4v) is 3.78. The van der Waals surface area contributed by atoms with E-state index < -0.39 is 0 Å². The summed E-state index contributed by atoms with van der Waals surface area (Å²) in [5.41, 5.74) is 1.07. The third-order valence-electron chi connectivity index (χ3n) is 4.84. The lowest BCUT2D eigenvalue weighted by atomic mass is 10.0. The molecule has 0 aromatic carbocycles. The first kappa shape index (κ1) is 19.0. The van der Waals surface area contributed by atoms with E-state index in [2.05, 4.69) is 29.0 Å². The standard InChI is InChI=1S/C15H22N4O.2C2H6/c1-3-10-14-15(18-13(4-2)17-10)19-7-9-5-6-11(16-9)12(19)8-20-14;2*1-2/h9,11-12,16H,3-8H2,1-2H3;2*1-2H3. The van der Waals surface area contributed by atoms with Crippen molar-refractivity contribution in [3.63, 3.8) is 0 Å². The fraction of sp³-hybridized carbons (Fsp3) is 0.789. The number of hydrogen-bond acceptors (Lipinski definition) is 5. The second-order valence-corrected chi connectivity index (χ2v) is 6.02. The predicted octanol–water partition coefficient (Wildman–Crippen LogP) is 3.36. The minimum atomic E-state index is 0.436. The van der Waals surface area contributed by atoms with Gasteiger partial charge in [-0.15, -0.1) is 0 Å². The van der Waals surface area contributed by atoms with Crippen LogP contribution in [-0.2, 0) is 12.8 Å². The number of nitrogens with one attached hydrogen (secondary N) is 1. The van der Waals surface area contributed by atoms with Gasteiger partial charge in [-0.3, -0.25) is 0 Å². The molecule has 2 saturated heterocycles. The number of hydrogen-bond donors (Lipinski definition) is 1. The van der Waals surface area contributed by atoms with Gasteiger partial charge in [-0.25, -0.2) is 9.97 Å². The van der Waals surface area contributed by atoms with Crippen molar-refractivity contribution < 1.29 is 4.74 Å². The van der Waals surface area contributed by atoms with Crippen molar-refractivity contribution in [2.45, 2.75) is 85.4 Å². The molecule has 4 rings (SSSR count). The largest absolute Gasteiger partial charge is 0.486 e. The number of aryl methyl sites for hydroxylation is 2. The Balaban J connectivity index is 0.000000487. The van der Waals surface area contributed by atoms with Crippen LogP contribution in [0.1, 0.15) is 65.9 Å². The average molecular weight is 335 g/mol. The van der Waals surface area contributed by atoms with E-state index in [1.54, 1.807) is 0 Å². The summed E-state index contributed by atoms with van der Waals surface area (Å²) in [6.07, 6.45) is 4.32. The van der Waals surface area contributed by atoms with Crippen LogP contribution in [0.2, 0.25) is 0 Å². The molecule has 2 bridgehead atoms. The number of ether oxygens (including phenoxy) is 1. The smallest absolute Gasteiger partial charge is 0.183 e. The molecule has 0 amide bonds. The highest BCUT2D eigenvalue weighted by atomic mass is 16.5. The minimum Gasteiger partial charge on any atom is -0.486 e. The van der Waals surface area contributed by atoms with Crippen molar-refractivity contribution in [1.82, 2.24) is 15.3 Å². The minimum absolute atomic E-state index is 0.436. The molecule has 0 spiro atoms. The summed E-state index contributed by atoms with van der Waals surface area (Å²) < 4.78 is 6.06. The Kier molecular flexibility index (Phi) is 6.84. The molecule has 4 heterocycles. The van der Waals surface area contributed by atoms with Gasteiger partial charge in [0.2, 0.25) is 0 Å². The molecule has 0 saturated carbocycles. The van der Waals surface area contributed by atoms with E-state index in [9.17, 15) is 0 Å². The highest BCUT2D eigenvalue weighted by Gasteiger charge is 2.44. The summed E-state index contributed by atoms with van der Waals surface area (Å²) in [5, 5.41) is 3.71. The zero-order valence-electron chi connectivity index (χ0n) is 16.2. The van der Waals surface area contributed by atoms with Gasteiger partial charge in [0.1, 0.15) is 12.4 Å². The van der Waals surface area contributed by atoms with E-state index in [1.807, 2.05) is 27.7 Å². The van der Waals surface area contributed by atoms with Gasteiger partial charge in [-0.05, 0) is 19.3 Å². The summed E-state index contributed by atoms with van der Waals surface area (Å²) >= 11 is 0. The number of rotatable bonds is 2. The summed E-state index contributed by atoms with van der Waals surface area (Å²) in [6.45, 7) is 14.1. The van der Waals surface area contributed by atoms with Crippen LogP contribution in [-0.4, -0.2) is 41.2 Å². The van der Waals surface area contributed by atoms with Gasteiger partial charge in [-0.1, -0.05) is 41.5 Å². The molecule has 3 atom stereocenters. The van der Waals surface area contributed by atoms with E-state index in [1.165, 1.54) is 12.8 Å². The predicted molar refractivity (Wildman–Crippen MR) is 100 cm³/mol. The third kappa shape index (κ3) is 3.37. The molecule has 136 valence electrons. The topological polar surface area (TPSA) is 50.3 Å². The molecule has 5 heteroatoms. The average Bonchev–Trinajstić information content (AvgIpc) is 3.05. The van der Waals surface area contributed by atoms with Crippen LogP contribution >= 0.6 is 0 Å². The van der Waals surface area contributed by atoms with Gasteiger partial charge < -0.3 is 15.0 Å². The zero-order valence-corrected chi connectivity index (χ0v) is 16.2. The van der Waals surface area contributed by atoms with Crippen LogP contribution in [0.4, 0.5) is 5.82 Å². The van der Waals surface area contributed by atoms with E-state index >= 15 is 0 Å². The van der Waals surface area contributed by atoms with Crippen LogP contribution in [0.15, 0.2) is 0 Å². The maximum atomic E-state index is 6.06. The van der Waals surface area contributed by atoms with Gasteiger partial charge in [0.25, 0.3) is 0 Å². The Bertz CT molecular complexity index is 534. The lowest BCUT2D eigenvalue weighted by Crippen LogP contribution is -2.61. The molecule has 1 aromatic rings. The molecule has 3 unspecified atom stereocenters. The highest BCUT2D eigenvalue weighted by Crippen LogP contribution is 2.39. The Hall–Kier alpha value is -1.36. The van der Waals surface area contributed by atoms with Crippen LogP contribution in [0, 0.1) is 0 Å². The normalized spacial score (nSPS) is 26.1. The van der Waals surface area contributed by atoms with Crippen molar-refractivity contribution in [3.05, 3.63) is 11.5 Å². The first-order chi connectivity index (χ1) is 11.8. The Morgan fingerprint density at radius 1 is 1.08 bits per heavy atom. The molecule has 3 aliphatic heterocycles. The van der Waals surface area contributed by atoms with E-state index in [0.29, 0.717) is 18.1 Å². The molecule has 1 aromatic heterocycles. The third-order valence-corrected chi connectivity index (χ3v) is 4.84. The molecule has 1 N–H and O–H groups in total. The van der Waals surface area contributed by atoms with Gasteiger partial charge in [-0.2, -0.15) is 0 Å². The monoisotopic (exact) mass is 334 g/mol. The summed E-state index contributed by atoms with van der Waals surface area (Å²) in [6, 6.07) is 1.62. The summed E-state index contributed by atoms with van der Waals surface area (Å²) in [7, 11) is 0. The summed E-state index contributed by atoms with van der Waals surface area (Å²) in [5.74, 6) is 2.92. The highest BCUT2D eigenvalue weighted by molar-refractivity contribution is 5.58. The van der Waals surface area contributed by atoms with Crippen LogP contribution in [0.3, 0.4) is 0 Å². The lowest BCUT2D eigenvalue weighted by molar-refractivity contribution is 0.213. The first-order valence-electron chi connectivity index (χ1n) is 9.85.